The van der Waals surface area contributed by atoms with Crippen LogP contribution < -0.4 is 10.9 Å². The van der Waals surface area contributed by atoms with E-state index in [0.29, 0.717) is 5.92 Å². The third-order valence-corrected chi connectivity index (χ3v) is 4.71. The molecule has 4 nitrogen and oxygen atoms in total. The van der Waals surface area contributed by atoms with Gasteiger partial charge in [0.1, 0.15) is 5.82 Å². The van der Waals surface area contributed by atoms with Gasteiger partial charge in [0, 0.05) is 41.5 Å². The third-order valence-electron chi connectivity index (χ3n) is 4.02. The predicted octanol–water partition coefficient (Wildman–Crippen LogP) is 3.25. The lowest BCUT2D eigenvalue weighted by molar-refractivity contribution is 0.732. The van der Waals surface area contributed by atoms with Gasteiger partial charge < -0.3 is 10.3 Å². The van der Waals surface area contributed by atoms with Crippen molar-refractivity contribution in [3.63, 3.8) is 0 Å². The molecule has 1 atom stereocenters. The van der Waals surface area contributed by atoms with Crippen molar-refractivity contribution in [2.75, 3.05) is 11.9 Å². The van der Waals surface area contributed by atoms with Crippen LogP contribution in [0.2, 0.25) is 0 Å². The summed E-state index contributed by atoms with van der Waals surface area (Å²) in [4.78, 5) is 18.9. The molecule has 1 unspecified atom stereocenters. The van der Waals surface area contributed by atoms with Gasteiger partial charge in [-0.15, -0.1) is 0 Å². The molecule has 0 amide bonds. The van der Waals surface area contributed by atoms with Gasteiger partial charge in [0.05, 0.1) is 0 Å². The zero-order valence-electron chi connectivity index (χ0n) is 11.9. The summed E-state index contributed by atoms with van der Waals surface area (Å²) in [6, 6.07) is 9.64. The Morgan fingerprint density at radius 1 is 1.27 bits per heavy atom. The van der Waals surface area contributed by atoms with Gasteiger partial charge in [-0.25, -0.2) is 4.98 Å². The molecule has 0 bridgehead atoms. The SMILES string of the molecule is O=c1cccc(CC2CNc3ncc(-c4ccsc4)cc32)[nH]1. The maximum atomic E-state index is 11.4. The third kappa shape index (κ3) is 2.44. The van der Waals surface area contributed by atoms with Gasteiger partial charge in [-0.2, -0.15) is 11.3 Å². The number of hydrogen-bond donors (Lipinski definition) is 2. The van der Waals surface area contributed by atoms with E-state index >= 15 is 0 Å². The van der Waals surface area contributed by atoms with Crippen LogP contribution in [-0.4, -0.2) is 16.5 Å². The summed E-state index contributed by atoms with van der Waals surface area (Å²) in [5.41, 5.74) is 4.50. The second kappa shape index (κ2) is 5.42. The zero-order chi connectivity index (χ0) is 14.9. The van der Waals surface area contributed by atoms with E-state index in [-0.39, 0.29) is 5.56 Å². The molecule has 5 heteroatoms. The van der Waals surface area contributed by atoms with Gasteiger partial charge in [0.25, 0.3) is 0 Å². The van der Waals surface area contributed by atoms with Gasteiger partial charge in [0.2, 0.25) is 5.56 Å². The fraction of sp³-hybridized carbons (Fsp3) is 0.176. The second-order valence-electron chi connectivity index (χ2n) is 5.50. The predicted molar refractivity (Wildman–Crippen MR) is 89.5 cm³/mol. The minimum atomic E-state index is -0.0474. The van der Waals surface area contributed by atoms with E-state index in [1.807, 2.05) is 12.3 Å². The summed E-state index contributed by atoms with van der Waals surface area (Å²) in [5, 5.41) is 7.57. The summed E-state index contributed by atoms with van der Waals surface area (Å²) >= 11 is 1.69. The minimum absolute atomic E-state index is 0.0474. The van der Waals surface area contributed by atoms with E-state index in [1.54, 1.807) is 23.5 Å². The Bertz CT molecular complexity index is 854. The normalized spacial score (nSPS) is 16.3. The lowest BCUT2D eigenvalue weighted by Crippen LogP contribution is -2.11. The van der Waals surface area contributed by atoms with E-state index in [4.69, 9.17) is 0 Å². The van der Waals surface area contributed by atoms with Gasteiger partial charge in [-0.1, -0.05) is 6.07 Å². The molecule has 110 valence electrons. The Labute approximate surface area is 131 Å². The largest absolute Gasteiger partial charge is 0.369 e. The number of thiophene rings is 1. The van der Waals surface area contributed by atoms with E-state index in [2.05, 4.69) is 38.2 Å². The maximum Gasteiger partial charge on any atom is 0.248 e. The highest BCUT2D eigenvalue weighted by atomic mass is 32.1. The summed E-state index contributed by atoms with van der Waals surface area (Å²) in [6.07, 6.45) is 2.73. The summed E-state index contributed by atoms with van der Waals surface area (Å²) in [6.45, 7) is 0.854. The Morgan fingerprint density at radius 3 is 3.05 bits per heavy atom. The minimum Gasteiger partial charge on any atom is -0.369 e. The Balaban J connectivity index is 1.66. The van der Waals surface area contributed by atoms with Crippen molar-refractivity contribution in [1.82, 2.24) is 9.97 Å². The number of nitrogens with zero attached hydrogens (tertiary/aromatic N) is 1. The average Bonchev–Trinajstić information content (AvgIpc) is 3.17. The number of anilines is 1. The molecule has 1 aliphatic rings. The Morgan fingerprint density at radius 2 is 2.23 bits per heavy atom. The van der Waals surface area contributed by atoms with Crippen LogP contribution in [0.3, 0.4) is 0 Å². The first-order valence-corrected chi connectivity index (χ1v) is 8.18. The van der Waals surface area contributed by atoms with Crippen molar-refractivity contribution >= 4 is 17.2 Å². The molecule has 4 rings (SSSR count). The first-order valence-electron chi connectivity index (χ1n) is 7.24. The summed E-state index contributed by atoms with van der Waals surface area (Å²) in [5.74, 6) is 1.29. The van der Waals surface area contributed by atoms with Crippen molar-refractivity contribution in [2.24, 2.45) is 0 Å². The molecule has 0 spiro atoms. The molecule has 0 saturated carbocycles. The first kappa shape index (κ1) is 13.3. The maximum absolute atomic E-state index is 11.4. The number of aromatic amines is 1. The van der Waals surface area contributed by atoms with Crippen LogP contribution in [-0.2, 0) is 6.42 Å². The van der Waals surface area contributed by atoms with Crippen LogP contribution in [0.25, 0.3) is 11.1 Å². The van der Waals surface area contributed by atoms with Crippen LogP contribution in [0.5, 0.6) is 0 Å². The molecular weight excluding hydrogens is 294 g/mol. The van der Waals surface area contributed by atoms with Gasteiger partial charge in [-0.3, -0.25) is 4.79 Å². The van der Waals surface area contributed by atoms with Gasteiger partial charge >= 0.3 is 0 Å². The second-order valence-corrected chi connectivity index (χ2v) is 6.28. The molecule has 4 heterocycles. The average molecular weight is 309 g/mol. The Hall–Kier alpha value is -2.40. The highest BCUT2D eigenvalue weighted by Gasteiger charge is 2.24. The molecule has 0 aromatic carbocycles. The van der Waals surface area contributed by atoms with Crippen LogP contribution in [0, 0.1) is 0 Å². The molecule has 0 fully saturated rings. The fourth-order valence-electron chi connectivity index (χ4n) is 2.92. The summed E-state index contributed by atoms with van der Waals surface area (Å²) < 4.78 is 0. The van der Waals surface area contributed by atoms with E-state index in [0.717, 1.165) is 30.0 Å². The van der Waals surface area contributed by atoms with Gasteiger partial charge in [0.15, 0.2) is 0 Å². The molecule has 3 aromatic rings. The smallest absolute Gasteiger partial charge is 0.248 e. The lowest BCUT2D eigenvalue weighted by atomic mass is 9.95. The number of fused-ring (bicyclic) bond motifs is 1. The topological polar surface area (TPSA) is 57.8 Å². The molecule has 3 aromatic heterocycles. The fourth-order valence-corrected chi connectivity index (χ4v) is 3.58. The molecular formula is C17H15N3OS. The van der Waals surface area contributed by atoms with Crippen LogP contribution in [0.1, 0.15) is 17.2 Å². The van der Waals surface area contributed by atoms with E-state index in [1.165, 1.54) is 11.1 Å². The van der Waals surface area contributed by atoms with Crippen LogP contribution in [0.4, 0.5) is 5.82 Å². The van der Waals surface area contributed by atoms with Gasteiger partial charge in [-0.05, 0) is 40.9 Å². The van der Waals surface area contributed by atoms with Crippen LogP contribution >= 0.6 is 11.3 Å². The quantitative estimate of drug-likeness (QED) is 0.781. The number of hydrogen-bond acceptors (Lipinski definition) is 4. The lowest BCUT2D eigenvalue weighted by Gasteiger charge is -2.10. The van der Waals surface area contributed by atoms with Crippen molar-refractivity contribution in [1.29, 1.82) is 0 Å². The molecule has 0 saturated heterocycles. The number of pyridine rings is 2. The van der Waals surface area contributed by atoms with Crippen molar-refractivity contribution in [2.45, 2.75) is 12.3 Å². The number of aromatic nitrogens is 2. The van der Waals surface area contributed by atoms with Crippen molar-refractivity contribution < 1.29 is 0 Å². The first-order chi connectivity index (χ1) is 10.8. The highest BCUT2D eigenvalue weighted by Crippen LogP contribution is 2.35. The summed E-state index contributed by atoms with van der Waals surface area (Å²) in [7, 11) is 0. The molecule has 1 aliphatic heterocycles. The van der Waals surface area contributed by atoms with Crippen molar-refractivity contribution in [3.05, 3.63) is 68.9 Å². The molecule has 22 heavy (non-hydrogen) atoms. The standard InChI is InChI=1S/C17H15N3OS/c21-16-3-1-2-14(20-16)6-13-9-19-17-15(13)7-12(8-18-17)11-4-5-22-10-11/h1-5,7-8,10,13H,6,9H2,(H,18,19)(H,20,21). The number of H-pyrrole nitrogens is 1. The van der Waals surface area contributed by atoms with E-state index < -0.39 is 0 Å². The highest BCUT2D eigenvalue weighted by molar-refractivity contribution is 7.08. The van der Waals surface area contributed by atoms with E-state index in [9.17, 15) is 4.79 Å². The molecule has 0 aliphatic carbocycles. The number of rotatable bonds is 3. The zero-order valence-corrected chi connectivity index (χ0v) is 12.7. The van der Waals surface area contributed by atoms with Crippen molar-refractivity contribution in [3.8, 4) is 11.1 Å². The Kier molecular flexibility index (Phi) is 3.27. The van der Waals surface area contributed by atoms with Crippen LogP contribution in [0.15, 0.2) is 52.1 Å². The molecule has 2 N–H and O–H groups in total. The molecule has 0 radical (unpaired) electrons. The number of nitrogens with one attached hydrogen (secondary N) is 2. The monoisotopic (exact) mass is 309 g/mol.